The van der Waals surface area contributed by atoms with Gasteiger partial charge in [0.2, 0.25) is 0 Å². The molecule has 7 nitrogen and oxygen atoms in total. The molecule has 0 radical (unpaired) electrons. The topological polar surface area (TPSA) is 76.2 Å². The van der Waals surface area contributed by atoms with E-state index in [2.05, 4.69) is 14.4 Å². The fourth-order valence-electron chi connectivity index (χ4n) is 3.77. The third-order valence-electron chi connectivity index (χ3n) is 5.43. The molecule has 4 rings (SSSR count). The highest BCUT2D eigenvalue weighted by Gasteiger charge is 2.42. The minimum Gasteiger partial charge on any atom is -0.384 e. The largest absolute Gasteiger partial charge is 0.543 e. The van der Waals surface area contributed by atoms with Crippen LogP contribution in [0.4, 0.5) is 22.0 Å². The normalized spacial score (nSPS) is 22.4. The first-order valence-corrected chi connectivity index (χ1v) is 11.6. The molecule has 0 aliphatic carbocycles. The maximum atomic E-state index is 14.5. The molecule has 1 aromatic heterocycles. The lowest BCUT2D eigenvalue weighted by molar-refractivity contribution is 0.0828. The van der Waals surface area contributed by atoms with Crippen LogP contribution in [-0.4, -0.2) is 49.2 Å². The second kappa shape index (κ2) is 9.17. The number of pyridine rings is 1. The molecule has 2 aliphatic rings. The first-order valence-electron chi connectivity index (χ1n) is 10.1. The summed E-state index contributed by atoms with van der Waals surface area (Å²) in [6.07, 6.45) is -0.847. The number of rotatable bonds is 3. The molecular formula is C21H18F5N4O3S+. The fraction of sp³-hybridized carbons (Fsp3) is 0.381. The quantitative estimate of drug-likeness (QED) is 0.588. The molecule has 0 N–H and O–H groups in total. The summed E-state index contributed by atoms with van der Waals surface area (Å²) in [4.78, 5) is 11.2. The van der Waals surface area contributed by atoms with Gasteiger partial charge in [0.15, 0.2) is 6.10 Å². The maximum absolute atomic E-state index is 14.5. The van der Waals surface area contributed by atoms with Crippen molar-refractivity contribution in [2.75, 3.05) is 13.1 Å². The Morgan fingerprint density at radius 2 is 1.94 bits per heavy atom. The fourth-order valence-corrected chi connectivity index (χ4v) is 4.13. The van der Waals surface area contributed by atoms with Gasteiger partial charge in [0.25, 0.3) is 0 Å². The number of amidine groups is 1. The lowest BCUT2D eigenvalue weighted by Gasteiger charge is -2.17. The molecule has 0 bridgehead atoms. The number of benzene rings is 1. The number of aromatic nitrogens is 1. The second-order valence-electron chi connectivity index (χ2n) is 7.87. The van der Waals surface area contributed by atoms with Gasteiger partial charge < -0.3 is 9.74 Å². The summed E-state index contributed by atoms with van der Waals surface area (Å²) in [6, 6.07) is 7.01. The van der Waals surface area contributed by atoms with E-state index in [9.17, 15) is 30.4 Å². The summed E-state index contributed by atoms with van der Waals surface area (Å²) in [6.45, 7) is 1.38. The van der Waals surface area contributed by atoms with E-state index < -0.39 is 45.6 Å². The van der Waals surface area contributed by atoms with Crippen molar-refractivity contribution in [3.8, 4) is 17.2 Å². The molecule has 1 saturated heterocycles. The first-order chi connectivity index (χ1) is 16.1. The molecule has 2 aromatic rings. The van der Waals surface area contributed by atoms with Gasteiger partial charge in [-0.3, -0.25) is 4.98 Å². The Kier molecular flexibility index (Phi) is 6.44. The van der Waals surface area contributed by atoms with E-state index in [1.54, 1.807) is 13.0 Å². The van der Waals surface area contributed by atoms with Gasteiger partial charge >= 0.3 is 21.8 Å². The van der Waals surface area contributed by atoms with Gasteiger partial charge in [0.05, 0.1) is 28.5 Å². The lowest BCUT2D eigenvalue weighted by atomic mass is 9.97. The van der Waals surface area contributed by atoms with Crippen molar-refractivity contribution in [2.24, 2.45) is 11.1 Å². The van der Waals surface area contributed by atoms with Crippen LogP contribution in [0.5, 0.6) is 0 Å². The number of hydrogen-bond donors (Lipinski definition) is 0. The van der Waals surface area contributed by atoms with Crippen LogP contribution in [0.2, 0.25) is 0 Å². The van der Waals surface area contributed by atoms with Crippen molar-refractivity contribution in [1.29, 1.82) is 0 Å². The molecule has 0 spiro atoms. The number of halogens is 5. The molecule has 1 unspecified atom stereocenters. The maximum Gasteiger partial charge on any atom is 0.543 e. The zero-order valence-corrected chi connectivity index (χ0v) is 18.4. The number of oxime groups is 1. The highest BCUT2D eigenvalue weighted by Crippen LogP contribution is 2.37. The Bertz CT molecular complexity index is 1290. The number of nitrogens with zero attached hydrogens (tertiary/aromatic N) is 4. The highest BCUT2D eigenvalue weighted by molar-refractivity contribution is 7.93. The zero-order chi connectivity index (χ0) is 24.6. The molecule has 0 amide bonds. The van der Waals surface area contributed by atoms with Crippen LogP contribution >= 0.6 is 0 Å². The third-order valence-corrected chi connectivity index (χ3v) is 6.24. The molecule has 1 fully saturated rings. The van der Waals surface area contributed by atoms with Crippen molar-refractivity contribution in [3.05, 3.63) is 57.6 Å². The number of sulfonamides is 1. The first kappa shape index (κ1) is 23.9. The van der Waals surface area contributed by atoms with Crippen molar-refractivity contribution in [1.82, 2.24) is 9.88 Å². The van der Waals surface area contributed by atoms with Crippen LogP contribution < -0.4 is 0 Å². The molecule has 1 aromatic carbocycles. The van der Waals surface area contributed by atoms with Crippen LogP contribution in [0.1, 0.15) is 23.8 Å². The van der Waals surface area contributed by atoms with Gasteiger partial charge in [-0.15, -0.1) is 8.42 Å². The van der Waals surface area contributed by atoms with Gasteiger partial charge in [-0.05, 0) is 30.7 Å². The molecule has 3 atom stereocenters. The standard InChI is InChI=1S/C21H18F5N4O3S/c1-11-5-13(19-14(22)3-2-4-15(19)23)20(27-7-11)17-6-18(29-33-17)30-9-12(16(24)10-30)8-28-34(31,32)21(25)26/h2-5,7,12,16-17,21H,6,9-10H2,1H3/q+1/t12?,16-,17-/m0/s1. The highest BCUT2D eigenvalue weighted by atomic mass is 32.2. The van der Waals surface area contributed by atoms with Gasteiger partial charge in [0.1, 0.15) is 29.6 Å². The average molecular weight is 501 g/mol. The summed E-state index contributed by atoms with van der Waals surface area (Å²) in [5.74, 6) is -6.15. The summed E-state index contributed by atoms with van der Waals surface area (Å²) < 4.78 is 93.1. The van der Waals surface area contributed by atoms with Gasteiger partial charge in [-0.2, -0.15) is 8.78 Å². The van der Waals surface area contributed by atoms with Crippen LogP contribution in [0.15, 0.2) is 35.6 Å². The van der Waals surface area contributed by atoms with Gasteiger partial charge in [0, 0.05) is 18.3 Å². The van der Waals surface area contributed by atoms with E-state index in [1.165, 1.54) is 17.2 Å². The molecule has 34 heavy (non-hydrogen) atoms. The van der Waals surface area contributed by atoms with E-state index in [-0.39, 0.29) is 42.2 Å². The van der Waals surface area contributed by atoms with Crippen molar-refractivity contribution < 1.29 is 35.2 Å². The second-order valence-corrected chi connectivity index (χ2v) is 9.44. The van der Waals surface area contributed by atoms with E-state index >= 15 is 0 Å². The minimum atomic E-state index is -5.06. The number of aryl methyl sites for hydroxylation is 1. The van der Waals surface area contributed by atoms with E-state index in [0.29, 0.717) is 5.56 Å². The Morgan fingerprint density at radius 1 is 1.24 bits per heavy atom. The Morgan fingerprint density at radius 3 is 2.62 bits per heavy atom. The summed E-state index contributed by atoms with van der Waals surface area (Å²) in [5, 5.41) is 3.94. The molecule has 180 valence electrons. The summed E-state index contributed by atoms with van der Waals surface area (Å²) in [7, 11) is -5.06. The predicted molar refractivity (Wildman–Crippen MR) is 112 cm³/mol. The molecule has 3 heterocycles. The monoisotopic (exact) mass is 501 g/mol. The van der Waals surface area contributed by atoms with Gasteiger partial charge in [-0.25, -0.2) is 13.2 Å². The minimum absolute atomic E-state index is 0.0883. The van der Waals surface area contributed by atoms with Gasteiger partial charge in [-0.1, -0.05) is 11.2 Å². The summed E-state index contributed by atoms with van der Waals surface area (Å²) >= 11 is 0. The van der Waals surface area contributed by atoms with E-state index in [1.807, 2.05) is 6.07 Å². The van der Waals surface area contributed by atoms with E-state index in [0.717, 1.165) is 12.1 Å². The molecular weight excluding hydrogens is 483 g/mol. The number of likely N-dealkylation sites (tertiary alicyclic amines) is 1. The van der Waals surface area contributed by atoms with Crippen LogP contribution in [0, 0.1) is 30.5 Å². The predicted octanol–water partition coefficient (Wildman–Crippen LogP) is 4.27. The SMILES string of the molecule is Cc1cnc([C@@H]2CC(N3CC(C#[N+]S(=O)(=O)C(F)F)[C@@H](F)C3)=NO2)c(-c2c(F)cccc2F)c1. The number of hydrogen-bond acceptors (Lipinski definition) is 6. The smallest absolute Gasteiger partial charge is 0.384 e. The molecule has 13 heteroatoms. The Hall–Kier alpha value is -3.27. The van der Waals surface area contributed by atoms with Crippen molar-refractivity contribution in [3.63, 3.8) is 0 Å². The van der Waals surface area contributed by atoms with Crippen LogP contribution in [-0.2, 0) is 14.9 Å². The van der Waals surface area contributed by atoms with Crippen molar-refractivity contribution in [2.45, 2.75) is 31.4 Å². The lowest BCUT2D eigenvalue weighted by Crippen LogP contribution is -2.28. The molecule has 2 aliphatic heterocycles. The Labute approximate surface area is 191 Å². The molecule has 0 saturated carbocycles. The zero-order valence-electron chi connectivity index (χ0n) is 17.6. The summed E-state index contributed by atoms with van der Waals surface area (Å²) in [5.41, 5.74) is 0.827. The third kappa shape index (κ3) is 4.68. The van der Waals surface area contributed by atoms with Crippen molar-refractivity contribution >= 4 is 15.9 Å². The average Bonchev–Trinajstić information content (AvgIpc) is 3.39. The van der Waals surface area contributed by atoms with Crippen LogP contribution in [0.3, 0.4) is 0 Å². The van der Waals surface area contributed by atoms with E-state index in [4.69, 9.17) is 4.84 Å². The van der Waals surface area contributed by atoms with Crippen LogP contribution in [0.25, 0.3) is 15.4 Å². The Balaban J connectivity index is 1.54. The number of alkyl halides is 3.